The topological polar surface area (TPSA) is 39.1 Å². The van der Waals surface area contributed by atoms with Gasteiger partial charge in [-0.3, -0.25) is 4.57 Å². The maximum absolute atomic E-state index is 12.1. The van der Waals surface area contributed by atoms with Crippen molar-refractivity contribution >= 4 is 5.95 Å². The van der Waals surface area contributed by atoms with E-state index in [0.717, 1.165) is 19.4 Å². The summed E-state index contributed by atoms with van der Waals surface area (Å²) in [5.41, 5.74) is 0.709. The molecule has 0 spiro atoms. The lowest BCUT2D eigenvalue weighted by Gasteiger charge is -2.11. The van der Waals surface area contributed by atoms with Gasteiger partial charge in [0, 0.05) is 24.6 Å². The van der Waals surface area contributed by atoms with Crippen LogP contribution in [-0.4, -0.2) is 22.5 Å². The first-order chi connectivity index (χ1) is 9.99. The minimum Gasteiger partial charge on any atom is -0.406 e. The van der Waals surface area contributed by atoms with Crippen molar-refractivity contribution in [2.24, 2.45) is 0 Å². The van der Waals surface area contributed by atoms with Gasteiger partial charge in [0.05, 0.1) is 0 Å². The third kappa shape index (κ3) is 4.40. The summed E-state index contributed by atoms with van der Waals surface area (Å²) in [6, 6.07) is 5.65. The van der Waals surface area contributed by atoms with E-state index in [1.807, 2.05) is 0 Å². The average Bonchev–Trinajstić information content (AvgIpc) is 2.86. The van der Waals surface area contributed by atoms with E-state index in [-0.39, 0.29) is 5.75 Å². The van der Waals surface area contributed by atoms with Crippen molar-refractivity contribution in [3.63, 3.8) is 0 Å². The van der Waals surface area contributed by atoms with E-state index in [1.165, 1.54) is 12.1 Å². The quantitative estimate of drug-likeness (QED) is 0.820. The van der Waals surface area contributed by atoms with Gasteiger partial charge in [0.2, 0.25) is 5.95 Å². The Labute approximate surface area is 120 Å². The van der Waals surface area contributed by atoms with Crippen molar-refractivity contribution in [3.05, 3.63) is 36.7 Å². The molecule has 0 atom stereocenters. The number of hydrogen-bond acceptors (Lipinski definition) is 3. The van der Waals surface area contributed by atoms with Crippen LogP contribution in [0, 0.1) is 0 Å². The fraction of sp³-hybridized carbons (Fsp3) is 0.357. The van der Waals surface area contributed by atoms with E-state index in [9.17, 15) is 13.2 Å². The molecule has 0 radical (unpaired) electrons. The highest BCUT2D eigenvalue weighted by atomic mass is 19.4. The molecule has 2 rings (SSSR count). The SMILES string of the molecule is CCCCNc1nccn1-c1ccc(OC(F)(F)F)cc1. The third-order valence-electron chi connectivity index (χ3n) is 2.80. The Morgan fingerprint density at radius 2 is 1.95 bits per heavy atom. The largest absolute Gasteiger partial charge is 0.573 e. The number of benzene rings is 1. The maximum Gasteiger partial charge on any atom is 0.573 e. The first-order valence-corrected chi connectivity index (χ1v) is 6.63. The standard InChI is InChI=1S/C14H16F3N3O/c1-2-3-8-18-13-19-9-10-20(13)11-4-6-12(7-5-11)21-14(15,16)17/h4-7,9-10H,2-3,8H2,1H3,(H,18,19). The molecule has 1 heterocycles. The highest BCUT2D eigenvalue weighted by Gasteiger charge is 2.30. The van der Waals surface area contributed by atoms with Gasteiger partial charge in [-0.15, -0.1) is 13.2 Å². The molecule has 0 aliphatic heterocycles. The van der Waals surface area contributed by atoms with Gasteiger partial charge in [-0.05, 0) is 30.7 Å². The molecule has 0 amide bonds. The number of hydrogen-bond donors (Lipinski definition) is 1. The van der Waals surface area contributed by atoms with Gasteiger partial charge in [0.15, 0.2) is 0 Å². The lowest BCUT2D eigenvalue weighted by Crippen LogP contribution is -2.17. The summed E-state index contributed by atoms with van der Waals surface area (Å²) in [6.07, 6.45) is 0.786. The van der Waals surface area contributed by atoms with Gasteiger partial charge in [-0.1, -0.05) is 13.3 Å². The Bertz CT molecular complexity index is 564. The Morgan fingerprint density at radius 1 is 1.24 bits per heavy atom. The molecule has 0 aliphatic rings. The van der Waals surface area contributed by atoms with Crippen LogP contribution in [0.5, 0.6) is 5.75 Å². The first kappa shape index (κ1) is 15.2. The predicted molar refractivity (Wildman–Crippen MR) is 73.6 cm³/mol. The van der Waals surface area contributed by atoms with Crippen LogP contribution in [0.1, 0.15) is 19.8 Å². The van der Waals surface area contributed by atoms with Crippen LogP contribution in [0.2, 0.25) is 0 Å². The van der Waals surface area contributed by atoms with Crippen LogP contribution in [-0.2, 0) is 0 Å². The lowest BCUT2D eigenvalue weighted by molar-refractivity contribution is -0.274. The van der Waals surface area contributed by atoms with Crippen LogP contribution < -0.4 is 10.1 Å². The van der Waals surface area contributed by atoms with E-state index >= 15 is 0 Å². The summed E-state index contributed by atoms with van der Waals surface area (Å²) in [7, 11) is 0. The highest BCUT2D eigenvalue weighted by molar-refractivity contribution is 5.44. The van der Waals surface area contributed by atoms with E-state index < -0.39 is 6.36 Å². The first-order valence-electron chi connectivity index (χ1n) is 6.63. The number of nitrogens with one attached hydrogen (secondary N) is 1. The van der Waals surface area contributed by atoms with E-state index in [1.54, 1.807) is 29.1 Å². The Hall–Kier alpha value is -2.18. The van der Waals surface area contributed by atoms with Crippen LogP contribution in [0.4, 0.5) is 19.1 Å². The summed E-state index contributed by atoms with van der Waals surface area (Å²) in [6.45, 7) is 2.89. The number of rotatable bonds is 6. The molecule has 4 nitrogen and oxygen atoms in total. The molecule has 0 fully saturated rings. The van der Waals surface area contributed by atoms with Gasteiger partial charge in [0.25, 0.3) is 0 Å². The van der Waals surface area contributed by atoms with Gasteiger partial charge in [-0.25, -0.2) is 4.98 Å². The second kappa shape index (κ2) is 6.51. The summed E-state index contributed by atoms with van der Waals surface area (Å²) < 4.78 is 41.9. The molecular formula is C14H16F3N3O. The van der Waals surface area contributed by atoms with Crippen LogP contribution in [0.15, 0.2) is 36.7 Å². The number of aromatic nitrogens is 2. The number of alkyl halides is 3. The van der Waals surface area contributed by atoms with Gasteiger partial charge < -0.3 is 10.1 Å². The maximum atomic E-state index is 12.1. The number of ether oxygens (including phenoxy) is 1. The predicted octanol–water partition coefficient (Wildman–Crippen LogP) is 3.98. The molecule has 0 saturated heterocycles. The monoisotopic (exact) mass is 299 g/mol. The zero-order valence-electron chi connectivity index (χ0n) is 11.5. The highest BCUT2D eigenvalue weighted by Crippen LogP contribution is 2.24. The van der Waals surface area contributed by atoms with Gasteiger partial charge in [-0.2, -0.15) is 0 Å². The van der Waals surface area contributed by atoms with Crippen molar-refractivity contribution < 1.29 is 17.9 Å². The summed E-state index contributed by atoms with van der Waals surface area (Å²) in [5, 5.41) is 3.19. The van der Waals surface area contributed by atoms with Crippen molar-refractivity contribution in [2.75, 3.05) is 11.9 Å². The fourth-order valence-electron chi connectivity index (χ4n) is 1.83. The second-order valence-electron chi connectivity index (χ2n) is 4.44. The number of nitrogens with zero attached hydrogens (tertiary/aromatic N) is 2. The minimum absolute atomic E-state index is 0.244. The summed E-state index contributed by atoms with van der Waals surface area (Å²) in [4.78, 5) is 4.19. The van der Waals surface area contributed by atoms with Crippen LogP contribution in [0.25, 0.3) is 5.69 Å². The molecule has 2 aromatic rings. The molecule has 7 heteroatoms. The van der Waals surface area contributed by atoms with E-state index in [2.05, 4.69) is 22.0 Å². The molecule has 114 valence electrons. The summed E-state index contributed by atoms with van der Waals surface area (Å²) in [5.74, 6) is 0.416. The van der Waals surface area contributed by atoms with Crippen LogP contribution in [0.3, 0.4) is 0 Å². The molecule has 1 N–H and O–H groups in total. The number of halogens is 3. The van der Waals surface area contributed by atoms with Crippen molar-refractivity contribution in [3.8, 4) is 11.4 Å². The zero-order valence-corrected chi connectivity index (χ0v) is 11.5. The van der Waals surface area contributed by atoms with Gasteiger partial charge in [0.1, 0.15) is 5.75 Å². The summed E-state index contributed by atoms with van der Waals surface area (Å²) >= 11 is 0. The Kier molecular flexibility index (Phi) is 4.72. The molecule has 0 bridgehead atoms. The zero-order chi connectivity index (χ0) is 15.3. The minimum atomic E-state index is -4.68. The third-order valence-corrected chi connectivity index (χ3v) is 2.80. The smallest absolute Gasteiger partial charge is 0.406 e. The normalized spacial score (nSPS) is 11.4. The molecule has 21 heavy (non-hydrogen) atoms. The van der Waals surface area contributed by atoms with Gasteiger partial charge >= 0.3 is 6.36 Å². The molecule has 0 unspecified atom stereocenters. The average molecular weight is 299 g/mol. The Balaban J connectivity index is 2.10. The Morgan fingerprint density at radius 3 is 2.57 bits per heavy atom. The molecule has 0 aliphatic carbocycles. The lowest BCUT2D eigenvalue weighted by atomic mass is 10.3. The van der Waals surface area contributed by atoms with Crippen molar-refractivity contribution in [1.29, 1.82) is 0 Å². The van der Waals surface area contributed by atoms with E-state index in [0.29, 0.717) is 11.6 Å². The molecule has 1 aromatic carbocycles. The molecule has 0 saturated carbocycles. The van der Waals surface area contributed by atoms with Crippen molar-refractivity contribution in [2.45, 2.75) is 26.1 Å². The number of anilines is 1. The fourth-order valence-corrected chi connectivity index (χ4v) is 1.83. The van der Waals surface area contributed by atoms with E-state index in [4.69, 9.17) is 0 Å². The number of unbranched alkanes of at least 4 members (excludes halogenated alkanes) is 1. The van der Waals surface area contributed by atoms with Crippen molar-refractivity contribution in [1.82, 2.24) is 9.55 Å². The number of imidazole rings is 1. The molecule has 1 aromatic heterocycles. The molecular weight excluding hydrogens is 283 g/mol. The van der Waals surface area contributed by atoms with Crippen LogP contribution >= 0.6 is 0 Å². The second-order valence-corrected chi connectivity index (χ2v) is 4.44.